The molecule has 0 radical (unpaired) electrons. The van der Waals surface area contributed by atoms with Crippen molar-refractivity contribution >= 4 is 17.1 Å². The molecule has 0 N–H and O–H groups in total. The van der Waals surface area contributed by atoms with E-state index in [1.165, 1.54) is 0 Å². The molecule has 2 aromatic rings. The van der Waals surface area contributed by atoms with Crippen molar-refractivity contribution in [2.45, 2.75) is 13.0 Å². The van der Waals surface area contributed by atoms with Crippen molar-refractivity contribution in [2.24, 2.45) is 0 Å². The Morgan fingerprint density at radius 1 is 1.28 bits per heavy atom. The van der Waals surface area contributed by atoms with Gasteiger partial charge in [-0.15, -0.1) is 11.3 Å². The van der Waals surface area contributed by atoms with E-state index < -0.39 is 0 Å². The minimum Gasteiger partial charge on any atom is -0.303 e. The fourth-order valence-corrected chi connectivity index (χ4v) is 2.57. The third kappa shape index (κ3) is 3.48. The lowest BCUT2D eigenvalue weighted by atomic mass is 10.1. The predicted octanol–water partition coefficient (Wildman–Crippen LogP) is 2.63. The van der Waals surface area contributed by atoms with Crippen LogP contribution in [0.4, 0.5) is 0 Å². The van der Waals surface area contributed by atoms with Crippen LogP contribution in [0.5, 0.6) is 0 Å². The quantitative estimate of drug-likeness (QED) is 0.775. The standard InChI is InChI=1S/C14H16N2OS/c1-16(2)9-14-15-12(10-18-14)8-13(17)11-6-4-3-5-7-11/h3-7,10H,8-9H2,1-2H3. The second-order valence-corrected chi connectivity index (χ2v) is 5.38. The maximum absolute atomic E-state index is 12.0. The third-order valence-corrected chi connectivity index (χ3v) is 3.37. The maximum atomic E-state index is 12.0. The van der Waals surface area contributed by atoms with Crippen molar-refractivity contribution in [1.29, 1.82) is 0 Å². The number of hydrogen-bond acceptors (Lipinski definition) is 4. The van der Waals surface area contributed by atoms with Crippen LogP contribution in [0, 0.1) is 0 Å². The van der Waals surface area contributed by atoms with Crippen molar-refractivity contribution < 1.29 is 4.79 Å². The highest BCUT2D eigenvalue weighted by Crippen LogP contribution is 2.13. The van der Waals surface area contributed by atoms with E-state index in [4.69, 9.17) is 0 Å². The lowest BCUT2D eigenvalue weighted by molar-refractivity contribution is 0.0992. The zero-order chi connectivity index (χ0) is 13.0. The molecular formula is C14H16N2OS. The van der Waals surface area contributed by atoms with Gasteiger partial charge in [-0.25, -0.2) is 4.98 Å². The van der Waals surface area contributed by atoms with Crippen LogP contribution in [-0.4, -0.2) is 29.8 Å². The fraction of sp³-hybridized carbons (Fsp3) is 0.286. The van der Waals surface area contributed by atoms with Gasteiger partial charge in [-0.05, 0) is 14.1 Å². The molecule has 4 heteroatoms. The highest BCUT2D eigenvalue weighted by molar-refractivity contribution is 7.09. The first-order valence-corrected chi connectivity index (χ1v) is 6.69. The SMILES string of the molecule is CN(C)Cc1nc(CC(=O)c2ccccc2)cs1. The number of carbonyl (C=O) groups is 1. The van der Waals surface area contributed by atoms with E-state index >= 15 is 0 Å². The first-order valence-electron chi connectivity index (χ1n) is 5.81. The van der Waals surface area contributed by atoms with Crippen LogP contribution in [-0.2, 0) is 13.0 Å². The molecule has 94 valence electrons. The zero-order valence-electron chi connectivity index (χ0n) is 10.6. The van der Waals surface area contributed by atoms with Crippen molar-refractivity contribution in [3.05, 3.63) is 52.0 Å². The van der Waals surface area contributed by atoms with Crippen LogP contribution in [0.15, 0.2) is 35.7 Å². The summed E-state index contributed by atoms with van der Waals surface area (Å²) in [7, 11) is 4.02. The van der Waals surface area contributed by atoms with Crippen molar-refractivity contribution in [1.82, 2.24) is 9.88 Å². The molecule has 1 heterocycles. The van der Waals surface area contributed by atoms with Gasteiger partial charge in [-0.1, -0.05) is 30.3 Å². The second-order valence-electron chi connectivity index (χ2n) is 4.44. The minimum atomic E-state index is 0.123. The molecule has 0 aliphatic carbocycles. The molecule has 0 atom stereocenters. The maximum Gasteiger partial charge on any atom is 0.168 e. The van der Waals surface area contributed by atoms with E-state index in [0.717, 1.165) is 22.8 Å². The molecule has 0 spiro atoms. The number of rotatable bonds is 5. The van der Waals surface area contributed by atoms with Gasteiger partial charge in [0.1, 0.15) is 5.01 Å². The molecule has 0 aliphatic heterocycles. The van der Waals surface area contributed by atoms with Crippen LogP contribution >= 0.6 is 11.3 Å². The summed E-state index contributed by atoms with van der Waals surface area (Å²) in [5, 5.41) is 3.02. The van der Waals surface area contributed by atoms with Crippen LogP contribution in [0.1, 0.15) is 21.1 Å². The zero-order valence-corrected chi connectivity index (χ0v) is 11.4. The first-order chi connectivity index (χ1) is 8.65. The summed E-state index contributed by atoms with van der Waals surface area (Å²) in [6.45, 7) is 0.824. The van der Waals surface area contributed by atoms with E-state index in [1.54, 1.807) is 11.3 Å². The number of ketones is 1. The van der Waals surface area contributed by atoms with E-state index in [-0.39, 0.29) is 5.78 Å². The van der Waals surface area contributed by atoms with Gasteiger partial charge < -0.3 is 4.90 Å². The average Bonchev–Trinajstić information content (AvgIpc) is 2.76. The van der Waals surface area contributed by atoms with Gasteiger partial charge in [0, 0.05) is 17.5 Å². The van der Waals surface area contributed by atoms with Crippen LogP contribution in [0.25, 0.3) is 0 Å². The smallest absolute Gasteiger partial charge is 0.168 e. The van der Waals surface area contributed by atoms with Crippen molar-refractivity contribution in [3.8, 4) is 0 Å². The average molecular weight is 260 g/mol. The topological polar surface area (TPSA) is 33.2 Å². The summed E-state index contributed by atoms with van der Waals surface area (Å²) in [5.74, 6) is 0.123. The molecule has 0 aliphatic rings. The minimum absolute atomic E-state index is 0.123. The Hall–Kier alpha value is -1.52. The van der Waals surface area contributed by atoms with E-state index in [9.17, 15) is 4.79 Å². The monoisotopic (exact) mass is 260 g/mol. The largest absolute Gasteiger partial charge is 0.303 e. The third-order valence-electron chi connectivity index (χ3n) is 2.49. The number of thiazole rings is 1. The number of benzene rings is 1. The van der Waals surface area contributed by atoms with Gasteiger partial charge in [0.25, 0.3) is 0 Å². The molecule has 0 saturated heterocycles. The van der Waals surface area contributed by atoms with Gasteiger partial charge in [0.05, 0.1) is 12.1 Å². The van der Waals surface area contributed by atoms with Crippen LogP contribution < -0.4 is 0 Å². The van der Waals surface area contributed by atoms with Gasteiger partial charge in [0.2, 0.25) is 0 Å². The van der Waals surface area contributed by atoms with Crippen molar-refractivity contribution in [3.63, 3.8) is 0 Å². The molecule has 0 saturated carbocycles. The number of nitrogens with zero attached hydrogens (tertiary/aromatic N) is 2. The lowest BCUT2D eigenvalue weighted by Crippen LogP contribution is -2.10. The Balaban J connectivity index is 2.01. The summed E-state index contributed by atoms with van der Waals surface area (Å²) in [6.07, 6.45) is 0.383. The Kier molecular flexibility index (Phi) is 4.23. The highest BCUT2D eigenvalue weighted by atomic mass is 32.1. The summed E-state index contributed by atoms with van der Waals surface area (Å²) < 4.78 is 0. The van der Waals surface area contributed by atoms with Crippen LogP contribution in [0.2, 0.25) is 0 Å². The molecule has 18 heavy (non-hydrogen) atoms. The number of carbonyl (C=O) groups excluding carboxylic acids is 1. The highest BCUT2D eigenvalue weighted by Gasteiger charge is 2.09. The van der Waals surface area contributed by atoms with Crippen molar-refractivity contribution in [2.75, 3.05) is 14.1 Å². The van der Waals surface area contributed by atoms with E-state index in [2.05, 4.69) is 9.88 Å². The molecule has 0 unspecified atom stereocenters. The Bertz CT molecular complexity index is 520. The molecule has 1 aromatic heterocycles. The van der Waals surface area contributed by atoms with Gasteiger partial charge in [0.15, 0.2) is 5.78 Å². The Labute approximate surface area is 111 Å². The lowest BCUT2D eigenvalue weighted by Gasteiger charge is -2.05. The molecule has 0 bridgehead atoms. The normalized spacial score (nSPS) is 10.8. The number of Topliss-reactive ketones (excluding diaryl/α,β-unsaturated/α-hetero) is 1. The Morgan fingerprint density at radius 2 is 2.00 bits per heavy atom. The van der Waals surface area contributed by atoms with E-state index in [1.807, 2.05) is 49.8 Å². The van der Waals surface area contributed by atoms with Gasteiger partial charge in [-0.2, -0.15) is 0 Å². The molecular weight excluding hydrogens is 244 g/mol. The molecule has 0 amide bonds. The molecule has 0 fully saturated rings. The summed E-state index contributed by atoms with van der Waals surface area (Å²) in [4.78, 5) is 18.5. The fourth-order valence-electron chi connectivity index (χ4n) is 1.66. The van der Waals surface area contributed by atoms with Gasteiger partial charge in [-0.3, -0.25) is 4.79 Å². The van der Waals surface area contributed by atoms with Crippen LogP contribution in [0.3, 0.4) is 0 Å². The number of hydrogen-bond donors (Lipinski definition) is 0. The summed E-state index contributed by atoms with van der Waals surface area (Å²) >= 11 is 1.61. The second kappa shape index (κ2) is 5.89. The molecule has 1 aromatic carbocycles. The summed E-state index contributed by atoms with van der Waals surface area (Å²) in [5.41, 5.74) is 1.62. The summed E-state index contributed by atoms with van der Waals surface area (Å²) in [6, 6.07) is 9.36. The van der Waals surface area contributed by atoms with E-state index in [0.29, 0.717) is 6.42 Å². The molecule has 2 rings (SSSR count). The Morgan fingerprint density at radius 3 is 2.67 bits per heavy atom. The number of aromatic nitrogens is 1. The van der Waals surface area contributed by atoms with Gasteiger partial charge >= 0.3 is 0 Å². The predicted molar refractivity (Wildman–Crippen MR) is 74.0 cm³/mol. The molecule has 3 nitrogen and oxygen atoms in total. The first kappa shape index (κ1) is 12.9.